The summed E-state index contributed by atoms with van der Waals surface area (Å²) in [5, 5.41) is 10.0. The van der Waals surface area contributed by atoms with Gasteiger partial charge < -0.3 is 9.64 Å². The SMILES string of the molecule is COc1ccc(-c2nnc3c4ccccc4nc(N4CCCN(S(=O)(=O)c5cccc(C)c5)CC4)n23)cc1. The summed E-state index contributed by atoms with van der Waals surface area (Å²) in [6, 6.07) is 22.6. The van der Waals surface area contributed by atoms with Gasteiger partial charge in [-0.25, -0.2) is 17.8 Å². The Bertz CT molecular complexity index is 1730. The van der Waals surface area contributed by atoms with Crippen LogP contribution in [0.3, 0.4) is 0 Å². The van der Waals surface area contributed by atoms with Crippen molar-refractivity contribution in [1.82, 2.24) is 23.9 Å². The van der Waals surface area contributed by atoms with Gasteiger partial charge in [-0.05, 0) is 67.4 Å². The number of nitrogens with zero attached hydrogens (tertiary/aromatic N) is 6. The van der Waals surface area contributed by atoms with Crippen molar-refractivity contribution in [3.63, 3.8) is 0 Å². The molecule has 1 fully saturated rings. The van der Waals surface area contributed by atoms with Crippen LogP contribution in [0.25, 0.3) is 27.9 Å². The minimum atomic E-state index is -3.59. The van der Waals surface area contributed by atoms with E-state index in [4.69, 9.17) is 9.72 Å². The number of hydrogen-bond donors (Lipinski definition) is 0. The summed E-state index contributed by atoms with van der Waals surface area (Å²) in [6.07, 6.45) is 0.668. The second kappa shape index (κ2) is 9.70. The average molecular weight is 529 g/mol. The lowest BCUT2D eigenvalue weighted by Crippen LogP contribution is -2.36. The van der Waals surface area contributed by atoms with Gasteiger partial charge in [0.05, 0.1) is 17.5 Å². The van der Waals surface area contributed by atoms with Crippen LogP contribution in [0.2, 0.25) is 0 Å². The molecule has 0 amide bonds. The van der Waals surface area contributed by atoms with Crippen molar-refractivity contribution in [2.24, 2.45) is 0 Å². The lowest BCUT2D eigenvalue weighted by Gasteiger charge is -2.24. The lowest BCUT2D eigenvalue weighted by molar-refractivity contribution is 0.415. The summed E-state index contributed by atoms with van der Waals surface area (Å²) >= 11 is 0. The van der Waals surface area contributed by atoms with Crippen molar-refractivity contribution in [2.75, 3.05) is 38.2 Å². The van der Waals surface area contributed by atoms with Gasteiger partial charge in [0.1, 0.15) is 5.75 Å². The molecule has 0 N–H and O–H groups in total. The van der Waals surface area contributed by atoms with E-state index in [-0.39, 0.29) is 0 Å². The molecule has 2 aromatic heterocycles. The van der Waals surface area contributed by atoms with Gasteiger partial charge in [-0.15, -0.1) is 10.2 Å². The Morgan fingerprint density at radius 3 is 2.47 bits per heavy atom. The van der Waals surface area contributed by atoms with Gasteiger partial charge in [0.2, 0.25) is 16.0 Å². The maximum Gasteiger partial charge on any atom is 0.243 e. The standard InChI is InChI=1S/C28H28N6O3S/c1-20-7-5-8-23(19-20)38(35,36)33-16-6-15-32(17-18-33)28-29-25-10-4-3-9-24(25)27-31-30-26(34(27)28)21-11-13-22(37-2)14-12-21/h3-5,7-14,19H,6,15-18H2,1-2H3. The first kappa shape index (κ1) is 24.3. The van der Waals surface area contributed by atoms with Crippen molar-refractivity contribution in [3.05, 3.63) is 78.4 Å². The van der Waals surface area contributed by atoms with E-state index in [1.165, 1.54) is 0 Å². The number of rotatable bonds is 5. The fraction of sp³-hybridized carbons (Fsp3) is 0.250. The Balaban J connectivity index is 1.41. The second-order valence-electron chi connectivity index (χ2n) is 9.40. The van der Waals surface area contributed by atoms with Gasteiger partial charge >= 0.3 is 0 Å². The first-order valence-corrected chi connectivity index (χ1v) is 14.0. The molecule has 0 atom stereocenters. The maximum atomic E-state index is 13.4. The number of anilines is 1. The van der Waals surface area contributed by atoms with E-state index in [0.717, 1.165) is 27.8 Å². The van der Waals surface area contributed by atoms with Crippen molar-refractivity contribution >= 4 is 32.5 Å². The van der Waals surface area contributed by atoms with Crippen LogP contribution in [-0.2, 0) is 10.0 Å². The largest absolute Gasteiger partial charge is 0.497 e. The molecule has 3 heterocycles. The Hall–Kier alpha value is -4.02. The maximum absolute atomic E-state index is 13.4. The van der Waals surface area contributed by atoms with Gasteiger partial charge in [0.25, 0.3) is 0 Å². The third-order valence-electron chi connectivity index (χ3n) is 6.94. The molecule has 10 heteroatoms. The normalized spacial score (nSPS) is 15.2. The van der Waals surface area contributed by atoms with Gasteiger partial charge in [-0.1, -0.05) is 24.3 Å². The molecular formula is C28H28N6O3S. The number of para-hydroxylation sites is 1. The van der Waals surface area contributed by atoms with E-state index in [1.54, 1.807) is 29.6 Å². The number of ether oxygens (including phenoxy) is 1. The highest BCUT2D eigenvalue weighted by atomic mass is 32.2. The topological polar surface area (TPSA) is 92.9 Å². The van der Waals surface area contributed by atoms with Crippen LogP contribution in [0.5, 0.6) is 5.75 Å². The highest BCUT2D eigenvalue weighted by molar-refractivity contribution is 7.89. The van der Waals surface area contributed by atoms with E-state index in [1.807, 2.05) is 65.9 Å². The molecule has 1 aliphatic rings. The highest BCUT2D eigenvalue weighted by Gasteiger charge is 2.29. The molecule has 0 spiro atoms. The molecule has 1 saturated heterocycles. The second-order valence-corrected chi connectivity index (χ2v) is 11.3. The molecule has 0 unspecified atom stereocenters. The number of aryl methyl sites for hydroxylation is 1. The molecule has 6 rings (SSSR count). The van der Waals surface area contributed by atoms with Gasteiger partial charge in [0, 0.05) is 37.1 Å². The number of hydrogen-bond acceptors (Lipinski definition) is 7. The van der Waals surface area contributed by atoms with Crippen molar-refractivity contribution in [3.8, 4) is 17.1 Å². The Morgan fingerprint density at radius 1 is 0.868 bits per heavy atom. The first-order valence-electron chi connectivity index (χ1n) is 12.6. The van der Waals surface area contributed by atoms with Crippen LogP contribution < -0.4 is 9.64 Å². The number of benzene rings is 3. The predicted octanol–water partition coefficient (Wildman–Crippen LogP) is 4.16. The molecule has 0 saturated carbocycles. The molecule has 194 valence electrons. The summed E-state index contributed by atoms with van der Waals surface area (Å²) < 4.78 is 35.7. The van der Waals surface area contributed by atoms with Crippen LogP contribution in [-0.4, -0.2) is 65.6 Å². The molecule has 3 aromatic carbocycles. The fourth-order valence-corrected chi connectivity index (χ4v) is 6.54. The Kier molecular flexibility index (Phi) is 6.21. The predicted molar refractivity (Wildman–Crippen MR) is 147 cm³/mol. The molecule has 38 heavy (non-hydrogen) atoms. The molecule has 0 radical (unpaired) electrons. The molecule has 1 aliphatic heterocycles. The molecule has 5 aromatic rings. The average Bonchev–Trinajstić information content (AvgIpc) is 3.23. The Morgan fingerprint density at radius 2 is 1.68 bits per heavy atom. The van der Waals surface area contributed by atoms with Crippen molar-refractivity contribution in [2.45, 2.75) is 18.2 Å². The lowest BCUT2D eigenvalue weighted by atomic mass is 10.2. The minimum absolute atomic E-state index is 0.331. The minimum Gasteiger partial charge on any atom is -0.497 e. The smallest absolute Gasteiger partial charge is 0.243 e. The number of fused-ring (bicyclic) bond motifs is 3. The summed E-state index contributed by atoms with van der Waals surface area (Å²) in [5.74, 6) is 2.13. The van der Waals surface area contributed by atoms with Gasteiger partial charge in [-0.2, -0.15) is 4.31 Å². The fourth-order valence-electron chi connectivity index (χ4n) is 4.96. The molecule has 0 aliphatic carbocycles. The highest BCUT2D eigenvalue weighted by Crippen LogP contribution is 2.30. The number of sulfonamides is 1. The molecular weight excluding hydrogens is 500 g/mol. The van der Waals surface area contributed by atoms with Crippen molar-refractivity contribution < 1.29 is 13.2 Å². The number of methoxy groups -OCH3 is 1. The van der Waals surface area contributed by atoms with Gasteiger partial charge in [0.15, 0.2) is 11.5 Å². The van der Waals surface area contributed by atoms with Crippen LogP contribution >= 0.6 is 0 Å². The van der Waals surface area contributed by atoms with E-state index >= 15 is 0 Å². The van der Waals surface area contributed by atoms with E-state index < -0.39 is 10.0 Å². The van der Waals surface area contributed by atoms with Crippen molar-refractivity contribution in [1.29, 1.82) is 0 Å². The zero-order valence-corrected chi connectivity index (χ0v) is 22.1. The van der Waals surface area contributed by atoms with E-state index in [2.05, 4.69) is 15.1 Å². The van der Waals surface area contributed by atoms with Crippen LogP contribution in [0.4, 0.5) is 5.95 Å². The van der Waals surface area contributed by atoms with Crippen LogP contribution in [0, 0.1) is 6.92 Å². The summed E-state index contributed by atoms with van der Waals surface area (Å²) in [7, 11) is -1.96. The van der Waals surface area contributed by atoms with E-state index in [9.17, 15) is 8.42 Å². The summed E-state index contributed by atoms with van der Waals surface area (Å²) in [5.41, 5.74) is 3.33. The van der Waals surface area contributed by atoms with Crippen LogP contribution in [0.15, 0.2) is 77.7 Å². The third kappa shape index (κ3) is 4.25. The molecule has 0 bridgehead atoms. The Labute approximate surface area is 221 Å². The van der Waals surface area contributed by atoms with E-state index in [0.29, 0.717) is 54.9 Å². The van der Waals surface area contributed by atoms with Crippen LogP contribution in [0.1, 0.15) is 12.0 Å². The first-order chi connectivity index (χ1) is 18.5. The summed E-state index contributed by atoms with van der Waals surface area (Å²) in [6.45, 7) is 3.84. The monoisotopic (exact) mass is 528 g/mol. The zero-order chi connectivity index (χ0) is 26.3. The molecule has 9 nitrogen and oxygen atoms in total. The zero-order valence-electron chi connectivity index (χ0n) is 21.3. The van der Waals surface area contributed by atoms with Gasteiger partial charge in [-0.3, -0.25) is 0 Å². The summed E-state index contributed by atoms with van der Waals surface area (Å²) in [4.78, 5) is 7.51. The number of aromatic nitrogens is 4. The quantitative estimate of drug-likeness (QED) is 0.338. The third-order valence-corrected chi connectivity index (χ3v) is 8.84.